The largest absolute Gasteiger partial charge is 0.394 e. The van der Waals surface area contributed by atoms with Gasteiger partial charge in [-0.15, -0.1) is 0 Å². The topological polar surface area (TPSA) is 88.4 Å². The molecule has 6 heteroatoms. The van der Waals surface area contributed by atoms with Crippen LogP contribution in [0.4, 0.5) is 0 Å². The molecule has 0 aromatic heterocycles. The van der Waals surface area contributed by atoms with Crippen molar-refractivity contribution in [3.05, 3.63) is 0 Å². The summed E-state index contributed by atoms with van der Waals surface area (Å²) in [6, 6.07) is 0. The molecule has 0 radical (unpaired) electrons. The van der Waals surface area contributed by atoms with Crippen LogP contribution in [0.3, 0.4) is 0 Å². The van der Waals surface area contributed by atoms with Gasteiger partial charge in [0.25, 0.3) is 0 Å². The summed E-state index contributed by atoms with van der Waals surface area (Å²) in [4.78, 5) is 0. The van der Waals surface area contributed by atoms with Crippen molar-refractivity contribution >= 4 is 0 Å². The summed E-state index contributed by atoms with van der Waals surface area (Å²) in [5, 5.41) is 27.9. The van der Waals surface area contributed by atoms with Crippen LogP contribution in [0.15, 0.2) is 0 Å². The highest BCUT2D eigenvalue weighted by Gasteiger charge is 2.55. The lowest BCUT2D eigenvalue weighted by molar-refractivity contribution is -0.227. The molecular formula is C9H16O6. The maximum Gasteiger partial charge on any atom is 0.190 e. The molecule has 6 nitrogen and oxygen atoms in total. The van der Waals surface area contributed by atoms with Gasteiger partial charge in [-0.2, -0.15) is 0 Å². The summed E-state index contributed by atoms with van der Waals surface area (Å²) in [6.45, 7) is 2.97. The van der Waals surface area contributed by atoms with E-state index in [0.29, 0.717) is 0 Å². The van der Waals surface area contributed by atoms with E-state index in [2.05, 4.69) is 0 Å². The summed E-state index contributed by atoms with van der Waals surface area (Å²) in [6.07, 6.45) is -4.26. The molecule has 1 unspecified atom stereocenters. The lowest BCUT2D eigenvalue weighted by Gasteiger charge is -2.24. The van der Waals surface area contributed by atoms with Gasteiger partial charge in [0.2, 0.25) is 0 Å². The van der Waals surface area contributed by atoms with E-state index in [4.69, 9.17) is 19.3 Å². The zero-order chi connectivity index (χ0) is 11.2. The van der Waals surface area contributed by atoms with Crippen molar-refractivity contribution in [3.63, 3.8) is 0 Å². The van der Waals surface area contributed by atoms with E-state index in [-0.39, 0.29) is 0 Å². The van der Waals surface area contributed by atoms with Crippen LogP contribution in [0, 0.1) is 0 Å². The average Bonchev–Trinajstić information content (AvgIpc) is 2.60. The Labute approximate surface area is 87.4 Å². The first-order valence-electron chi connectivity index (χ1n) is 4.93. The first-order chi connectivity index (χ1) is 6.94. The van der Waals surface area contributed by atoms with Crippen molar-refractivity contribution in [2.24, 2.45) is 0 Å². The van der Waals surface area contributed by atoms with Gasteiger partial charge in [0.05, 0.1) is 6.61 Å². The third kappa shape index (κ3) is 1.89. The quantitative estimate of drug-likeness (QED) is 0.529. The molecular weight excluding hydrogens is 204 g/mol. The van der Waals surface area contributed by atoms with Gasteiger partial charge in [-0.3, -0.25) is 0 Å². The Hall–Kier alpha value is -0.240. The number of aliphatic hydroxyl groups excluding tert-OH is 3. The van der Waals surface area contributed by atoms with Crippen LogP contribution in [-0.2, 0) is 14.2 Å². The molecule has 2 saturated heterocycles. The minimum Gasteiger partial charge on any atom is -0.394 e. The molecule has 5 atom stereocenters. The Morgan fingerprint density at radius 1 is 1.33 bits per heavy atom. The molecule has 2 rings (SSSR count). The van der Waals surface area contributed by atoms with Crippen molar-refractivity contribution < 1.29 is 29.5 Å². The second-order valence-corrected chi connectivity index (χ2v) is 4.31. The molecule has 0 aliphatic carbocycles. The zero-order valence-corrected chi connectivity index (χ0v) is 8.66. The van der Waals surface area contributed by atoms with Crippen molar-refractivity contribution in [3.8, 4) is 0 Å². The Kier molecular flexibility index (Phi) is 2.74. The van der Waals surface area contributed by atoms with E-state index in [1.54, 1.807) is 13.8 Å². The maximum absolute atomic E-state index is 9.79. The summed E-state index contributed by atoms with van der Waals surface area (Å²) in [7, 11) is 0. The van der Waals surface area contributed by atoms with Gasteiger partial charge in [0.1, 0.15) is 24.4 Å². The highest BCUT2D eigenvalue weighted by Crippen LogP contribution is 2.38. The number of fused-ring (bicyclic) bond motifs is 1. The molecule has 0 aromatic carbocycles. The molecule has 0 bridgehead atoms. The second kappa shape index (κ2) is 3.65. The molecule has 15 heavy (non-hydrogen) atoms. The van der Waals surface area contributed by atoms with Crippen molar-refractivity contribution in [1.82, 2.24) is 0 Å². The van der Waals surface area contributed by atoms with E-state index in [0.717, 1.165) is 0 Å². The van der Waals surface area contributed by atoms with Gasteiger partial charge < -0.3 is 29.5 Å². The predicted octanol–water partition coefficient (Wildman–Crippen LogP) is -1.42. The lowest BCUT2D eigenvalue weighted by atomic mass is 10.1. The van der Waals surface area contributed by atoms with Gasteiger partial charge >= 0.3 is 0 Å². The van der Waals surface area contributed by atoms with Gasteiger partial charge in [-0.25, -0.2) is 0 Å². The maximum atomic E-state index is 9.79. The molecule has 0 aromatic rings. The first kappa shape index (κ1) is 11.3. The van der Waals surface area contributed by atoms with Crippen molar-refractivity contribution in [2.45, 2.75) is 50.3 Å². The third-order valence-corrected chi connectivity index (χ3v) is 2.62. The second-order valence-electron chi connectivity index (χ2n) is 4.31. The summed E-state index contributed by atoms with van der Waals surface area (Å²) in [5.41, 5.74) is 0. The van der Waals surface area contributed by atoms with Crippen LogP contribution in [-0.4, -0.2) is 58.4 Å². The minimum atomic E-state index is -1.12. The number of ether oxygens (including phenoxy) is 3. The normalized spacial score (nSPS) is 45.4. The molecule has 2 aliphatic rings. The smallest absolute Gasteiger partial charge is 0.190 e. The van der Waals surface area contributed by atoms with Crippen LogP contribution in [0.5, 0.6) is 0 Å². The van der Waals surface area contributed by atoms with Gasteiger partial charge in [0.15, 0.2) is 12.1 Å². The Morgan fingerprint density at radius 2 is 2.00 bits per heavy atom. The molecule has 2 heterocycles. The average molecular weight is 220 g/mol. The van der Waals surface area contributed by atoms with Gasteiger partial charge in [0, 0.05) is 0 Å². The highest BCUT2D eigenvalue weighted by molar-refractivity contribution is 4.95. The highest BCUT2D eigenvalue weighted by atomic mass is 16.8. The van der Waals surface area contributed by atoms with E-state index in [1.807, 2.05) is 0 Å². The van der Waals surface area contributed by atoms with Gasteiger partial charge in [-0.1, -0.05) is 0 Å². The predicted molar refractivity (Wildman–Crippen MR) is 47.8 cm³/mol. The summed E-state index contributed by atoms with van der Waals surface area (Å²) >= 11 is 0. The lowest BCUT2D eigenvalue weighted by Crippen LogP contribution is -2.42. The zero-order valence-electron chi connectivity index (χ0n) is 8.66. The van der Waals surface area contributed by atoms with E-state index in [1.165, 1.54) is 0 Å². The van der Waals surface area contributed by atoms with Crippen LogP contribution in [0.1, 0.15) is 13.8 Å². The Bertz CT molecular complexity index is 243. The third-order valence-electron chi connectivity index (χ3n) is 2.62. The fourth-order valence-corrected chi connectivity index (χ4v) is 1.94. The van der Waals surface area contributed by atoms with E-state index >= 15 is 0 Å². The van der Waals surface area contributed by atoms with Crippen LogP contribution >= 0.6 is 0 Å². The van der Waals surface area contributed by atoms with Gasteiger partial charge in [-0.05, 0) is 13.8 Å². The SMILES string of the molecule is CC1(C)OC2O[C@@H]([C@H](O)CO)[C@H](O)[C@@H]2O1. The molecule has 2 fully saturated rings. The number of hydrogen-bond acceptors (Lipinski definition) is 6. The standard InChI is InChI=1S/C9H16O6/c1-9(2)14-7-5(12)6(4(11)3-10)13-8(7)15-9/h4-8,10-12H,3H2,1-2H3/t4-,5+,6+,7+,8?/m1/s1. The minimum absolute atomic E-state index is 0.468. The summed E-state index contributed by atoms with van der Waals surface area (Å²) in [5.74, 6) is -0.786. The number of aliphatic hydroxyl groups is 3. The summed E-state index contributed by atoms with van der Waals surface area (Å²) < 4.78 is 16.1. The number of rotatable bonds is 2. The monoisotopic (exact) mass is 220 g/mol. The van der Waals surface area contributed by atoms with Crippen LogP contribution in [0.2, 0.25) is 0 Å². The molecule has 0 amide bonds. The van der Waals surface area contributed by atoms with E-state index in [9.17, 15) is 10.2 Å². The molecule has 0 spiro atoms. The fraction of sp³-hybridized carbons (Fsp3) is 1.00. The molecule has 2 aliphatic heterocycles. The fourth-order valence-electron chi connectivity index (χ4n) is 1.94. The Balaban J connectivity index is 2.05. The van der Waals surface area contributed by atoms with Crippen LogP contribution in [0.25, 0.3) is 0 Å². The van der Waals surface area contributed by atoms with Crippen molar-refractivity contribution in [1.29, 1.82) is 0 Å². The van der Waals surface area contributed by atoms with E-state index < -0.39 is 43.1 Å². The molecule has 3 N–H and O–H groups in total. The first-order valence-corrected chi connectivity index (χ1v) is 4.93. The van der Waals surface area contributed by atoms with Crippen molar-refractivity contribution in [2.75, 3.05) is 6.61 Å². The molecule has 0 saturated carbocycles. The van der Waals surface area contributed by atoms with Crippen LogP contribution < -0.4 is 0 Å². The Morgan fingerprint density at radius 3 is 2.53 bits per heavy atom. The molecule has 88 valence electrons. The number of hydrogen-bond donors (Lipinski definition) is 3.